The predicted octanol–water partition coefficient (Wildman–Crippen LogP) is -9.01. The van der Waals surface area contributed by atoms with Crippen molar-refractivity contribution in [2.75, 3.05) is 32.9 Å². The number of carbonyl (C=O) groups is 12. The van der Waals surface area contributed by atoms with E-state index in [0.29, 0.717) is 5.56 Å². The van der Waals surface area contributed by atoms with Crippen molar-refractivity contribution in [2.45, 2.75) is 132 Å². The van der Waals surface area contributed by atoms with Crippen LogP contribution in [-0.4, -0.2) is 222 Å². The molecule has 434 valence electrons. The second-order valence-corrected chi connectivity index (χ2v) is 17.9. The summed E-state index contributed by atoms with van der Waals surface area (Å²) >= 11 is 0. The zero-order chi connectivity index (χ0) is 59.0. The number of benzene rings is 1. The Morgan fingerprint density at radius 1 is 0.641 bits per heavy atom. The first-order valence-corrected chi connectivity index (χ1v) is 24.1. The largest absolute Gasteiger partial charge is 0.508 e. The maximum Gasteiger partial charge on any atom is 0.325 e. The standard InChI is InChI=1S/C45H69N13O20/c1-20(44(77)78)50-42(75)34(21(2)62)57-40(73)30(19-61)56-39(72)29(18-60)55-37(70)27(15-22-7-9-23(63)10-8-22)53-41(74)31-6-4-14-58(31)43(76)26(11-12-32(64)65)52-38(71)28(17-59)54-36(69)25(5-3-13-49-45(47)48)51-35(68)24(46)16-33(66)67/h7-10,20-21,24-31,34,59-63H,3-6,11-19,46H2,1-2H3,(H,50,75)(H,51,68)(H,52,71)(H,53,74)(H,54,69)(H,55,70)(H,56,72)(H,57,73)(H,64,65)(H,66,67)(H,77,78)(H4,47,48,49)/t20-,21+,24-,25-,26-,27-,28-,29-,30-,31-,34-/m0/s1. The number of carboxylic acid groups (broad SMARTS) is 3. The summed E-state index contributed by atoms with van der Waals surface area (Å²) in [6.07, 6.45) is -4.21. The number of aliphatic hydroxyl groups is 4. The van der Waals surface area contributed by atoms with Gasteiger partial charge in [-0.05, 0) is 63.6 Å². The molecular weight excluding hydrogens is 1040 g/mol. The van der Waals surface area contributed by atoms with Gasteiger partial charge in [0, 0.05) is 25.9 Å². The molecule has 2 rings (SSSR count). The number of rotatable bonds is 33. The van der Waals surface area contributed by atoms with E-state index in [-0.39, 0.29) is 56.9 Å². The lowest BCUT2D eigenvalue weighted by Crippen LogP contribution is -2.62. The second-order valence-electron chi connectivity index (χ2n) is 17.9. The number of nitrogens with one attached hydrogen (secondary N) is 8. The number of aliphatic hydroxyl groups excluding tert-OH is 4. The van der Waals surface area contributed by atoms with E-state index >= 15 is 0 Å². The molecule has 1 aliphatic rings. The van der Waals surface area contributed by atoms with Crippen LogP contribution in [0.2, 0.25) is 0 Å². The molecule has 1 aromatic rings. The van der Waals surface area contributed by atoms with Crippen LogP contribution in [0.25, 0.3) is 0 Å². The summed E-state index contributed by atoms with van der Waals surface area (Å²) in [7, 11) is 0. The molecule has 0 bridgehead atoms. The Kier molecular flexibility index (Phi) is 27.3. The minimum absolute atomic E-state index is 0.0412. The smallest absolute Gasteiger partial charge is 0.325 e. The number of guanidine groups is 1. The van der Waals surface area contributed by atoms with E-state index in [1.807, 2.05) is 5.32 Å². The highest BCUT2D eigenvalue weighted by atomic mass is 16.4. The number of phenols is 1. The van der Waals surface area contributed by atoms with Crippen molar-refractivity contribution in [3.8, 4) is 5.75 Å². The number of nitrogens with zero attached hydrogens (tertiary/aromatic N) is 2. The van der Waals surface area contributed by atoms with E-state index in [2.05, 4.69) is 42.2 Å². The van der Waals surface area contributed by atoms with E-state index in [4.69, 9.17) is 27.4 Å². The first-order valence-electron chi connectivity index (χ1n) is 24.1. The molecule has 1 heterocycles. The van der Waals surface area contributed by atoms with Gasteiger partial charge in [-0.25, -0.2) is 0 Å². The van der Waals surface area contributed by atoms with Gasteiger partial charge in [0.25, 0.3) is 0 Å². The van der Waals surface area contributed by atoms with E-state index in [0.717, 1.165) is 18.7 Å². The number of aliphatic carboxylic acids is 3. The third kappa shape index (κ3) is 21.8. The minimum Gasteiger partial charge on any atom is -0.508 e. The Morgan fingerprint density at radius 3 is 1.63 bits per heavy atom. The summed E-state index contributed by atoms with van der Waals surface area (Å²) in [5.74, 6) is -15.0. The summed E-state index contributed by atoms with van der Waals surface area (Å²) < 4.78 is 0. The topological polar surface area (TPSA) is 557 Å². The lowest BCUT2D eigenvalue weighted by atomic mass is 10.0. The van der Waals surface area contributed by atoms with Gasteiger partial charge in [-0.1, -0.05) is 12.1 Å². The number of amides is 9. The fourth-order valence-corrected chi connectivity index (χ4v) is 7.40. The Labute approximate surface area is 444 Å². The molecule has 9 amide bonds. The summed E-state index contributed by atoms with van der Waals surface area (Å²) in [5.41, 5.74) is 16.6. The van der Waals surface area contributed by atoms with Crippen LogP contribution in [-0.2, 0) is 64.0 Å². The van der Waals surface area contributed by atoms with E-state index in [1.165, 1.54) is 24.3 Å². The number of nitrogens with two attached hydrogens (primary N) is 3. The molecule has 1 aromatic carbocycles. The average Bonchev–Trinajstić information content (AvgIpc) is 3.88. The molecule has 0 saturated carbocycles. The average molecular weight is 1110 g/mol. The molecule has 1 saturated heterocycles. The van der Waals surface area contributed by atoms with Gasteiger partial charge in [-0.15, -0.1) is 0 Å². The molecule has 0 unspecified atom stereocenters. The first-order chi connectivity index (χ1) is 36.6. The van der Waals surface area contributed by atoms with Crippen LogP contribution in [0.1, 0.15) is 64.4 Å². The van der Waals surface area contributed by atoms with Crippen molar-refractivity contribution >= 4 is 77.0 Å². The van der Waals surface area contributed by atoms with E-state index in [9.17, 15) is 88.2 Å². The van der Waals surface area contributed by atoms with Gasteiger partial charge < -0.3 is 105 Å². The number of hydrogen-bond acceptors (Lipinski definition) is 19. The van der Waals surface area contributed by atoms with Crippen LogP contribution < -0.4 is 59.7 Å². The summed E-state index contributed by atoms with van der Waals surface area (Å²) in [6, 6.07) is -11.6. The normalized spacial score (nSPS) is 16.8. The number of hydrogen-bond donors (Lipinski definition) is 19. The van der Waals surface area contributed by atoms with Gasteiger partial charge in [-0.3, -0.25) is 62.5 Å². The van der Waals surface area contributed by atoms with Crippen LogP contribution in [0.15, 0.2) is 29.3 Å². The van der Waals surface area contributed by atoms with Crippen LogP contribution >= 0.6 is 0 Å². The third-order valence-electron chi connectivity index (χ3n) is 11.7. The number of phenolic OH excluding ortho intramolecular Hbond substituents is 1. The molecule has 78 heavy (non-hydrogen) atoms. The summed E-state index contributed by atoms with van der Waals surface area (Å²) in [4.78, 5) is 160. The van der Waals surface area contributed by atoms with Crippen LogP contribution in [0, 0.1) is 0 Å². The fourth-order valence-electron chi connectivity index (χ4n) is 7.40. The molecule has 33 nitrogen and oxygen atoms in total. The zero-order valence-electron chi connectivity index (χ0n) is 42.5. The Balaban J connectivity index is 2.37. The lowest BCUT2D eigenvalue weighted by molar-refractivity contribution is -0.144. The van der Waals surface area contributed by atoms with Gasteiger partial charge in [0.2, 0.25) is 53.2 Å². The first kappa shape index (κ1) is 65.8. The molecule has 0 radical (unpaired) electrons. The molecule has 0 aliphatic carbocycles. The zero-order valence-corrected chi connectivity index (χ0v) is 42.5. The van der Waals surface area contributed by atoms with E-state index < -0.39 is 177 Å². The highest BCUT2D eigenvalue weighted by molar-refractivity contribution is 5.99. The van der Waals surface area contributed by atoms with E-state index in [1.54, 1.807) is 0 Å². The minimum atomic E-state index is -1.91. The fraction of sp³-hybridized carbons (Fsp3) is 0.578. The second kappa shape index (κ2) is 32.3. The Morgan fingerprint density at radius 2 is 1.14 bits per heavy atom. The van der Waals surface area contributed by atoms with Crippen molar-refractivity contribution < 1.29 is 98.4 Å². The quantitative estimate of drug-likeness (QED) is 0.0177. The van der Waals surface area contributed by atoms with Crippen molar-refractivity contribution in [2.24, 2.45) is 22.2 Å². The van der Waals surface area contributed by atoms with Gasteiger partial charge in [0.05, 0.1) is 38.4 Å². The Hall–Kier alpha value is -8.27. The lowest BCUT2D eigenvalue weighted by Gasteiger charge is -2.31. The number of aromatic hydroxyl groups is 1. The highest BCUT2D eigenvalue weighted by Crippen LogP contribution is 2.21. The number of carboxylic acids is 3. The van der Waals surface area contributed by atoms with Gasteiger partial charge in [0.1, 0.15) is 60.1 Å². The molecule has 11 atom stereocenters. The van der Waals surface area contributed by atoms with Crippen molar-refractivity contribution in [3.05, 3.63) is 29.8 Å². The number of carbonyl (C=O) groups excluding carboxylic acids is 9. The monoisotopic (exact) mass is 1110 g/mol. The van der Waals surface area contributed by atoms with Crippen LogP contribution in [0.4, 0.5) is 0 Å². The molecule has 0 aromatic heterocycles. The Bertz CT molecular complexity index is 2340. The SMILES string of the molecule is C[C@H](NC(=O)[C@@H](NC(=O)[C@H](CO)NC(=O)[C@H](CO)NC(=O)[C@H](Cc1ccc(O)cc1)NC(=O)[C@@H]1CCCN1C(=O)[C@H](CCC(=O)O)NC(=O)[C@H](CO)NC(=O)[C@H](CCCN=C(N)N)NC(=O)[C@@H](N)CC(=O)O)[C@@H](C)O)C(=O)O. The molecule has 0 spiro atoms. The molecule has 22 N–H and O–H groups in total. The maximum absolute atomic E-state index is 14.2. The van der Waals surface area contributed by atoms with Crippen LogP contribution in [0.5, 0.6) is 5.75 Å². The van der Waals surface area contributed by atoms with Crippen molar-refractivity contribution in [3.63, 3.8) is 0 Å². The maximum atomic E-state index is 14.2. The highest BCUT2D eigenvalue weighted by Gasteiger charge is 2.41. The number of aliphatic imine (C=N–C) groups is 1. The summed E-state index contributed by atoms with van der Waals surface area (Å²) in [5, 5.41) is 95.7. The van der Waals surface area contributed by atoms with Gasteiger partial charge >= 0.3 is 17.9 Å². The molecule has 1 aliphatic heterocycles. The predicted molar refractivity (Wildman–Crippen MR) is 265 cm³/mol. The molecule has 1 fully saturated rings. The van der Waals surface area contributed by atoms with Crippen LogP contribution in [0.3, 0.4) is 0 Å². The number of likely N-dealkylation sites (tertiary alicyclic amines) is 1. The summed E-state index contributed by atoms with van der Waals surface area (Å²) in [6.45, 7) is -1.44. The third-order valence-corrected chi connectivity index (χ3v) is 11.7. The van der Waals surface area contributed by atoms with Gasteiger partial charge in [0.15, 0.2) is 5.96 Å². The molecule has 33 heteroatoms. The van der Waals surface area contributed by atoms with Crippen molar-refractivity contribution in [1.82, 2.24) is 47.4 Å². The molecular formula is C45H69N13O20. The van der Waals surface area contributed by atoms with Gasteiger partial charge in [-0.2, -0.15) is 0 Å². The van der Waals surface area contributed by atoms with Crippen molar-refractivity contribution in [1.29, 1.82) is 0 Å².